The molecule has 2 bridgehead atoms. The Balaban J connectivity index is 1.39. The van der Waals surface area contributed by atoms with Gasteiger partial charge in [0.05, 0.1) is 11.5 Å². The third-order valence-electron chi connectivity index (χ3n) is 12.5. The molecule has 2 spiro atoms. The van der Waals surface area contributed by atoms with E-state index in [1.807, 2.05) is 0 Å². The maximum Gasteiger partial charge on any atom is 0.334 e. The standard InChI is InChI=1S/C32H40O7/c1-14-7-8-25(34)30(6)12-24-22(11-20(14)30)32(29(36)39-24)13-31-15(2)9-23-19(16(3)28(35)38-23)10-21(31)17(4)26(32)27(31)37-18(5)33/h11,14-15,19,22-27,34H,3,7-10,12-13H2,1-2,4-6H3/t14-,15-,19+,22-,23-,24+,25+,26-,27-,30+,31-,32-/m1/s1. The van der Waals surface area contributed by atoms with Crippen LogP contribution in [0.3, 0.4) is 0 Å². The summed E-state index contributed by atoms with van der Waals surface area (Å²) in [4.78, 5) is 39.2. The van der Waals surface area contributed by atoms with Gasteiger partial charge in [0.1, 0.15) is 18.3 Å². The number of rotatable bonds is 1. The molecule has 0 unspecified atom stereocenters. The number of esters is 3. The van der Waals surface area contributed by atoms with Crippen molar-refractivity contribution in [1.29, 1.82) is 0 Å². The van der Waals surface area contributed by atoms with Gasteiger partial charge < -0.3 is 19.3 Å². The van der Waals surface area contributed by atoms with Crippen LogP contribution in [-0.4, -0.2) is 47.4 Å². The van der Waals surface area contributed by atoms with E-state index in [2.05, 4.69) is 40.3 Å². The number of hydrogen-bond donors (Lipinski definition) is 1. The summed E-state index contributed by atoms with van der Waals surface area (Å²) < 4.78 is 18.3. The zero-order valence-electron chi connectivity index (χ0n) is 23.6. The maximum atomic E-state index is 14.2. The lowest BCUT2D eigenvalue weighted by Crippen LogP contribution is -2.49. The largest absolute Gasteiger partial charge is 0.461 e. The van der Waals surface area contributed by atoms with E-state index < -0.39 is 28.5 Å². The van der Waals surface area contributed by atoms with Crippen LogP contribution in [0, 0.1) is 45.8 Å². The minimum atomic E-state index is -0.823. The lowest BCUT2D eigenvalue weighted by Gasteiger charge is -2.50. The Morgan fingerprint density at radius 2 is 1.90 bits per heavy atom. The van der Waals surface area contributed by atoms with Gasteiger partial charge in [0.15, 0.2) is 0 Å². The molecule has 0 amide bonds. The molecule has 2 aliphatic heterocycles. The van der Waals surface area contributed by atoms with E-state index in [0.29, 0.717) is 37.2 Å². The van der Waals surface area contributed by atoms with E-state index in [0.717, 1.165) is 18.4 Å². The minimum absolute atomic E-state index is 0.0219. The third-order valence-corrected chi connectivity index (χ3v) is 12.5. The number of carbonyl (C=O) groups is 3. The second kappa shape index (κ2) is 7.86. The molecule has 0 aromatic heterocycles. The summed E-state index contributed by atoms with van der Waals surface area (Å²) in [6, 6.07) is 0. The summed E-state index contributed by atoms with van der Waals surface area (Å²) in [6.07, 6.45) is 4.96. The van der Waals surface area contributed by atoms with E-state index in [9.17, 15) is 19.5 Å². The Morgan fingerprint density at radius 1 is 1.15 bits per heavy atom. The first kappa shape index (κ1) is 25.6. The Kier molecular flexibility index (Phi) is 5.15. The second-order valence-electron chi connectivity index (χ2n) is 14.1. The van der Waals surface area contributed by atoms with Gasteiger partial charge in [-0.3, -0.25) is 9.59 Å². The zero-order valence-corrected chi connectivity index (χ0v) is 23.6. The number of ether oxygens (including phenoxy) is 3. The van der Waals surface area contributed by atoms with Crippen molar-refractivity contribution in [3.63, 3.8) is 0 Å². The number of aliphatic hydroxyl groups excluding tert-OH is 1. The summed E-state index contributed by atoms with van der Waals surface area (Å²) in [5, 5.41) is 11.1. The first-order valence-electron chi connectivity index (χ1n) is 14.7. The number of hydrogen-bond acceptors (Lipinski definition) is 7. The summed E-state index contributed by atoms with van der Waals surface area (Å²) >= 11 is 0. The van der Waals surface area contributed by atoms with Gasteiger partial charge >= 0.3 is 17.9 Å². The highest BCUT2D eigenvalue weighted by Crippen LogP contribution is 2.76. The molecule has 0 aromatic carbocycles. The van der Waals surface area contributed by atoms with Crippen molar-refractivity contribution < 1.29 is 33.7 Å². The average molecular weight is 537 g/mol. The fourth-order valence-electron chi connectivity index (χ4n) is 10.7. The van der Waals surface area contributed by atoms with Crippen LogP contribution in [0.1, 0.15) is 73.1 Å². The Bertz CT molecular complexity index is 1280. The molecule has 2 saturated heterocycles. The van der Waals surface area contributed by atoms with Gasteiger partial charge in [0.25, 0.3) is 0 Å². The van der Waals surface area contributed by atoms with E-state index in [-0.39, 0.29) is 53.8 Å². The molecule has 1 N–H and O–H groups in total. The van der Waals surface area contributed by atoms with E-state index in [1.54, 1.807) is 0 Å². The fraction of sp³-hybridized carbons (Fsp3) is 0.719. The molecule has 7 heteroatoms. The van der Waals surface area contributed by atoms with Gasteiger partial charge in [0.2, 0.25) is 0 Å². The first-order valence-corrected chi connectivity index (χ1v) is 14.7. The fourth-order valence-corrected chi connectivity index (χ4v) is 10.7. The van der Waals surface area contributed by atoms with Crippen molar-refractivity contribution in [2.24, 2.45) is 45.8 Å². The van der Waals surface area contributed by atoms with Gasteiger partial charge in [0, 0.05) is 41.1 Å². The predicted molar refractivity (Wildman–Crippen MR) is 141 cm³/mol. The molecular weight excluding hydrogens is 496 g/mol. The second-order valence-corrected chi connectivity index (χ2v) is 14.1. The quantitative estimate of drug-likeness (QED) is 0.229. The van der Waals surface area contributed by atoms with Crippen LogP contribution < -0.4 is 0 Å². The summed E-state index contributed by atoms with van der Waals surface area (Å²) in [5.74, 6) is -1.01. The van der Waals surface area contributed by atoms with Crippen molar-refractivity contribution in [3.05, 3.63) is 34.9 Å². The van der Waals surface area contributed by atoms with Crippen LogP contribution >= 0.6 is 0 Å². The molecule has 12 atom stereocenters. The molecule has 0 radical (unpaired) electrons. The Labute approximate surface area is 230 Å². The molecule has 3 saturated carbocycles. The highest BCUT2D eigenvalue weighted by atomic mass is 16.6. The number of fused-ring (bicyclic) bond motifs is 6. The maximum absolute atomic E-state index is 14.2. The highest BCUT2D eigenvalue weighted by molar-refractivity contribution is 5.91. The SMILES string of the molecule is C=C1C(=O)O[C@@H]2C[C@@H](C)[C@]34C[C@]5(C(=O)O[C@H]6C[C@@]7(C)C(=C[C@H]65)[C@H](C)CC[C@@H]7O)[C@H](C(C)=C3C[C@@H]12)[C@H]4OC(C)=O. The van der Waals surface area contributed by atoms with Gasteiger partial charge in [-0.05, 0) is 57.3 Å². The average Bonchev–Trinajstić information content (AvgIpc) is 3.44. The van der Waals surface area contributed by atoms with Gasteiger partial charge in [-0.15, -0.1) is 0 Å². The smallest absolute Gasteiger partial charge is 0.334 e. The van der Waals surface area contributed by atoms with Crippen LogP contribution in [0.4, 0.5) is 0 Å². The van der Waals surface area contributed by atoms with Crippen LogP contribution in [0.2, 0.25) is 0 Å². The molecule has 5 aliphatic carbocycles. The molecule has 5 fully saturated rings. The lowest BCUT2D eigenvalue weighted by atomic mass is 9.53. The van der Waals surface area contributed by atoms with Crippen molar-refractivity contribution in [2.75, 3.05) is 0 Å². The normalized spacial score (nSPS) is 51.5. The van der Waals surface area contributed by atoms with Gasteiger partial charge in [-0.1, -0.05) is 50.1 Å². The predicted octanol–water partition coefficient (Wildman–Crippen LogP) is 4.44. The zero-order chi connectivity index (χ0) is 27.8. The van der Waals surface area contributed by atoms with Gasteiger partial charge in [-0.2, -0.15) is 0 Å². The van der Waals surface area contributed by atoms with Crippen molar-refractivity contribution in [3.8, 4) is 0 Å². The first-order chi connectivity index (χ1) is 18.4. The molecule has 0 aromatic rings. The van der Waals surface area contributed by atoms with Crippen LogP contribution in [0.15, 0.2) is 34.9 Å². The van der Waals surface area contributed by atoms with Crippen LogP contribution in [0.25, 0.3) is 0 Å². The molecule has 210 valence electrons. The lowest BCUT2D eigenvalue weighted by molar-refractivity contribution is -0.156. The molecule has 7 aliphatic rings. The third kappa shape index (κ3) is 2.90. The van der Waals surface area contributed by atoms with Crippen molar-refractivity contribution in [1.82, 2.24) is 0 Å². The Morgan fingerprint density at radius 3 is 2.62 bits per heavy atom. The van der Waals surface area contributed by atoms with Gasteiger partial charge in [-0.25, -0.2) is 4.79 Å². The number of aliphatic hydroxyl groups is 1. The van der Waals surface area contributed by atoms with E-state index in [4.69, 9.17) is 14.2 Å². The Hall–Kier alpha value is -2.41. The summed E-state index contributed by atoms with van der Waals surface area (Å²) in [5.41, 5.74) is 2.34. The summed E-state index contributed by atoms with van der Waals surface area (Å²) in [6.45, 7) is 14.1. The van der Waals surface area contributed by atoms with E-state index in [1.165, 1.54) is 18.1 Å². The highest BCUT2D eigenvalue weighted by Gasteiger charge is 2.79. The van der Waals surface area contributed by atoms with Crippen LogP contribution in [0.5, 0.6) is 0 Å². The minimum Gasteiger partial charge on any atom is -0.461 e. The molecular formula is C32H40O7. The van der Waals surface area contributed by atoms with Crippen LogP contribution in [-0.2, 0) is 28.6 Å². The molecule has 2 heterocycles. The van der Waals surface area contributed by atoms with Crippen molar-refractivity contribution >= 4 is 17.9 Å². The topological polar surface area (TPSA) is 99.1 Å². The molecule has 7 nitrogen and oxygen atoms in total. The molecule has 7 rings (SSSR count). The number of carbonyl (C=O) groups excluding carboxylic acids is 3. The molecule has 39 heavy (non-hydrogen) atoms. The van der Waals surface area contributed by atoms with E-state index >= 15 is 0 Å². The monoisotopic (exact) mass is 536 g/mol. The summed E-state index contributed by atoms with van der Waals surface area (Å²) in [7, 11) is 0. The van der Waals surface area contributed by atoms with Crippen molar-refractivity contribution in [2.45, 2.75) is 97.6 Å².